The number of piperazine rings is 1. The van der Waals surface area contributed by atoms with Crippen molar-refractivity contribution >= 4 is 31.6 Å². The number of likely N-dealkylation sites (N-methyl/N-ethyl adjacent to an activating group) is 1. The Bertz CT molecular complexity index is 988. The minimum Gasteiger partial charge on any atom is -0.382 e. The average Bonchev–Trinajstić information content (AvgIpc) is 2.98. The average molecular weight is 460 g/mol. The normalized spacial score (nSPS) is 23.1. The first kappa shape index (κ1) is 22.9. The molecule has 1 atom stereocenters. The number of rotatable bonds is 6. The quantitative estimate of drug-likeness (QED) is 0.637. The van der Waals surface area contributed by atoms with Crippen LogP contribution >= 0.6 is 0 Å². The number of carbonyl (C=O) groups excluding carboxylic acids is 1. The maximum Gasteiger partial charge on any atom is 0.246 e. The second-order valence-corrected chi connectivity index (χ2v) is 12.0. The molecular weight excluding hydrogens is 430 g/mol. The number of nitrogens with one attached hydrogen (secondary N) is 1. The molecule has 30 heavy (non-hydrogen) atoms. The molecule has 1 amide bonds. The van der Waals surface area contributed by atoms with Crippen molar-refractivity contribution in [2.45, 2.75) is 31.2 Å². The summed E-state index contributed by atoms with van der Waals surface area (Å²) in [6, 6.07) is 1.35. The molecule has 168 valence electrons. The Hall–Kier alpha value is -1.76. The van der Waals surface area contributed by atoms with E-state index in [0.717, 1.165) is 0 Å². The number of carbonyl (C=O) groups is 1. The first-order valence-corrected chi connectivity index (χ1v) is 13.0. The highest BCUT2D eigenvalue weighted by molar-refractivity contribution is 7.89. The highest BCUT2D eigenvalue weighted by Gasteiger charge is 2.35. The number of aromatic nitrogens is 1. The van der Waals surface area contributed by atoms with Gasteiger partial charge in [0, 0.05) is 64.1 Å². The molecule has 0 spiro atoms. The van der Waals surface area contributed by atoms with E-state index >= 15 is 0 Å². The predicted octanol–water partition coefficient (Wildman–Crippen LogP) is 0.0163. The zero-order valence-corrected chi connectivity index (χ0v) is 19.1. The van der Waals surface area contributed by atoms with Crippen molar-refractivity contribution in [3.63, 3.8) is 0 Å². The van der Waals surface area contributed by atoms with E-state index in [2.05, 4.69) is 10.3 Å². The summed E-state index contributed by atoms with van der Waals surface area (Å²) in [6.07, 6.45) is 3.29. The van der Waals surface area contributed by atoms with Crippen molar-refractivity contribution in [1.29, 1.82) is 0 Å². The number of hydrogen-bond acceptors (Lipinski definition) is 7. The summed E-state index contributed by atoms with van der Waals surface area (Å²) in [5.41, 5.74) is 0.392. The van der Waals surface area contributed by atoms with E-state index in [9.17, 15) is 21.6 Å². The lowest BCUT2D eigenvalue weighted by atomic mass is 10.2. The Kier molecular flexibility index (Phi) is 6.70. The van der Waals surface area contributed by atoms with Crippen LogP contribution in [0.5, 0.6) is 0 Å². The van der Waals surface area contributed by atoms with Gasteiger partial charge in [0.25, 0.3) is 0 Å². The summed E-state index contributed by atoms with van der Waals surface area (Å²) in [5, 5.41) is 3.09. The van der Waals surface area contributed by atoms with Gasteiger partial charge in [-0.25, -0.2) is 21.1 Å². The van der Waals surface area contributed by atoms with Crippen molar-refractivity contribution in [2.24, 2.45) is 5.92 Å². The maximum atomic E-state index is 13.2. The van der Waals surface area contributed by atoms with Gasteiger partial charge in [-0.3, -0.25) is 9.78 Å². The molecular formula is C18H29N5O5S2. The molecule has 0 bridgehead atoms. The van der Waals surface area contributed by atoms with Crippen LogP contribution in [0.25, 0.3) is 0 Å². The Balaban J connectivity index is 1.71. The molecule has 2 aliphatic rings. The van der Waals surface area contributed by atoms with E-state index in [-0.39, 0.29) is 41.6 Å². The van der Waals surface area contributed by atoms with Crippen molar-refractivity contribution < 1.29 is 21.6 Å². The lowest BCUT2D eigenvalue weighted by molar-refractivity contribution is -0.135. The van der Waals surface area contributed by atoms with Gasteiger partial charge in [0.05, 0.1) is 11.4 Å². The molecule has 12 heteroatoms. The molecule has 0 aliphatic carbocycles. The van der Waals surface area contributed by atoms with E-state index in [4.69, 9.17) is 0 Å². The van der Waals surface area contributed by atoms with Gasteiger partial charge >= 0.3 is 0 Å². The van der Waals surface area contributed by atoms with Crippen molar-refractivity contribution in [1.82, 2.24) is 18.5 Å². The summed E-state index contributed by atoms with van der Waals surface area (Å²) in [7, 11) is -5.50. The zero-order chi connectivity index (χ0) is 22.1. The van der Waals surface area contributed by atoms with Gasteiger partial charge in [0.2, 0.25) is 26.0 Å². The molecule has 1 N–H and O–H groups in total. The second kappa shape index (κ2) is 8.77. The molecule has 10 nitrogen and oxygen atoms in total. The number of amides is 1. The molecule has 3 rings (SSSR count). The molecule has 1 aromatic heterocycles. The first-order chi connectivity index (χ1) is 14.0. The lowest BCUT2D eigenvalue weighted by Gasteiger charge is -2.35. The zero-order valence-electron chi connectivity index (χ0n) is 17.5. The highest BCUT2D eigenvalue weighted by atomic mass is 32.2. The second-order valence-electron chi connectivity index (χ2n) is 7.91. The molecule has 1 unspecified atom stereocenters. The van der Waals surface area contributed by atoms with Gasteiger partial charge in [0.1, 0.15) is 4.90 Å². The van der Waals surface area contributed by atoms with Crippen LogP contribution in [0, 0.1) is 5.92 Å². The molecule has 1 aromatic rings. The van der Waals surface area contributed by atoms with E-state index in [1.54, 1.807) is 11.0 Å². The molecule has 2 aliphatic heterocycles. The highest BCUT2D eigenvalue weighted by Crippen LogP contribution is 2.26. The number of hydrogen-bond donors (Lipinski definition) is 1. The molecule has 2 fully saturated rings. The van der Waals surface area contributed by atoms with Crippen LogP contribution in [0.15, 0.2) is 23.4 Å². The number of anilines is 1. The van der Waals surface area contributed by atoms with Gasteiger partial charge in [-0.2, -0.15) is 4.31 Å². The molecule has 0 saturated carbocycles. The largest absolute Gasteiger partial charge is 0.382 e. The Morgan fingerprint density at radius 1 is 1.27 bits per heavy atom. The minimum absolute atomic E-state index is 0.0198. The Labute approximate surface area is 178 Å². The fourth-order valence-corrected chi connectivity index (χ4v) is 6.71. The van der Waals surface area contributed by atoms with Crippen LogP contribution < -0.4 is 5.32 Å². The Morgan fingerprint density at radius 2 is 1.93 bits per heavy atom. The Morgan fingerprint density at radius 3 is 2.50 bits per heavy atom. The van der Waals surface area contributed by atoms with Gasteiger partial charge in [-0.1, -0.05) is 13.8 Å². The van der Waals surface area contributed by atoms with Gasteiger partial charge in [-0.15, -0.1) is 0 Å². The summed E-state index contributed by atoms with van der Waals surface area (Å²) in [6.45, 7) is 5.10. The number of nitrogens with zero attached hydrogens (tertiary/aromatic N) is 4. The number of pyridine rings is 1. The molecule has 3 heterocycles. The standard InChI is InChI=1S/C18H29N5O5S2/c1-14(2)18(24)22-7-9-23(10-8-22)30(27,28)17-13-19-6-4-16(17)20-12-15-5-11-29(25,26)21(15)3/h4,6,13-15H,5,7-12H2,1-3H3,(H,19,20). The van der Waals surface area contributed by atoms with Crippen LogP contribution in [0.2, 0.25) is 0 Å². The minimum atomic E-state index is -3.81. The van der Waals surface area contributed by atoms with E-state index in [0.29, 0.717) is 31.7 Å². The van der Waals surface area contributed by atoms with E-state index in [1.165, 1.54) is 28.1 Å². The third-order valence-electron chi connectivity index (χ3n) is 5.64. The van der Waals surface area contributed by atoms with Crippen molar-refractivity contribution in [2.75, 3.05) is 50.8 Å². The van der Waals surface area contributed by atoms with Crippen molar-refractivity contribution in [3.05, 3.63) is 18.5 Å². The predicted molar refractivity (Wildman–Crippen MR) is 113 cm³/mol. The van der Waals surface area contributed by atoms with Crippen LogP contribution in [-0.4, -0.2) is 92.8 Å². The topological polar surface area (TPSA) is 120 Å². The van der Waals surface area contributed by atoms with Gasteiger partial charge in [0.15, 0.2) is 0 Å². The third kappa shape index (κ3) is 4.61. The van der Waals surface area contributed by atoms with Crippen molar-refractivity contribution in [3.8, 4) is 0 Å². The fraction of sp³-hybridized carbons (Fsp3) is 0.667. The van der Waals surface area contributed by atoms with Crippen LogP contribution in [0.4, 0.5) is 5.69 Å². The lowest BCUT2D eigenvalue weighted by Crippen LogP contribution is -2.51. The monoisotopic (exact) mass is 459 g/mol. The summed E-state index contributed by atoms with van der Waals surface area (Å²) in [4.78, 5) is 17.9. The first-order valence-electron chi connectivity index (χ1n) is 9.96. The van der Waals surface area contributed by atoms with Gasteiger partial charge in [-0.05, 0) is 12.5 Å². The van der Waals surface area contributed by atoms with E-state index in [1.807, 2.05) is 13.8 Å². The summed E-state index contributed by atoms with van der Waals surface area (Å²) >= 11 is 0. The number of sulfonamides is 2. The van der Waals surface area contributed by atoms with Crippen LogP contribution in [-0.2, 0) is 24.8 Å². The maximum absolute atomic E-state index is 13.2. The summed E-state index contributed by atoms with van der Waals surface area (Å²) in [5.74, 6) is -0.0114. The molecule has 0 radical (unpaired) electrons. The van der Waals surface area contributed by atoms with Crippen LogP contribution in [0.3, 0.4) is 0 Å². The van der Waals surface area contributed by atoms with Gasteiger partial charge < -0.3 is 10.2 Å². The summed E-state index contributed by atoms with van der Waals surface area (Å²) < 4.78 is 52.9. The molecule has 2 saturated heterocycles. The van der Waals surface area contributed by atoms with E-state index < -0.39 is 20.0 Å². The fourth-order valence-electron chi connectivity index (χ4n) is 3.68. The SMILES string of the molecule is CC(C)C(=O)N1CCN(S(=O)(=O)c2cnccc2NCC2CCS(=O)(=O)N2C)CC1. The smallest absolute Gasteiger partial charge is 0.246 e. The molecule has 0 aromatic carbocycles. The van der Waals surface area contributed by atoms with Crippen LogP contribution in [0.1, 0.15) is 20.3 Å². The third-order valence-corrected chi connectivity index (χ3v) is 9.49.